The van der Waals surface area contributed by atoms with Gasteiger partial charge in [0, 0.05) is 41.4 Å². The monoisotopic (exact) mass is 338 g/mol. The molecule has 3 aromatic rings. The van der Waals surface area contributed by atoms with Gasteiger partial charge in [0.25, 0.3) is 0 Å². The van der Waals surface area contributed by atoms with Gasteiger partial charge < -0.3 is 9.30 Å². The quantitative estimate of drug-likeness (QED) is 0.499. The first-order valence-electron chi connectivity index (χ1n) is 8.34. The molecule has 0 amide bonds. The summed E-state index contributed by atoms with van der Waals surface area (Å²) >= 11 is 0. The van der Waals surface area contributed by atoms with Crippen LogP contribution in [-0.2, 0) is 13.0 Å². The van der Waals surface area contributed by atoms with E-state index in [-0.39, 0.29) is 4.92 Å². The van der Waals surface area contributed by atoms with Crippen LogP contribution in [0, 0.1) is 17.0 Å². The fourth-order valence-corrected chi connectivity index (χ4v) is 3.26. The fourth-order valence-electron chi connectivity index (χ4n) is 3.26. The Bertz CT molecular complexity index is 900. The highest BCUT2D eigenvalue weighted by atomic mass is 16.6. The topological polar surface area (TPSA) is 57.3 Å². The van der Waals surface area contributed by atoms with E-state index in [0.717, 1.165) is 34.5 Å². The predicted molar refractivity (Wildman–Crippen MR) is 98.9 cm³/mol. The maximum absolute atomic E-state index is 11.1. The van der Waals surface area contributed by atoms with Gasteiger partial charge in [-0.15, -0.1) is 0 Å². The van der Waals surface area contributed by atoms with Crippen LogP contribution in [0.4, 0.5) is 0 Å². The summed E-state index contributed by atoms with van der Waals surface area (Å²) in [4.78, 5) is 10.9. The molecule has 0 aliphatic rings. The summed E-state index contributed by atoms with van der Waals surface area (Å²) in [5.41, 5.74) is 4.37. The van der Waals surface area contributed by atoms with Crippen molar-refractivity contribution in [3.05, 3.63) is 75.5 Å². The highest BCUT2D eigenvalue weighted by Crippen LogP contribution is 2.31. The van der Waals surface area contributed by atoms with E-state index < -0.39 is 6.04 Å². The first-order valence-corrected chi connectivity index (χ1v) is 8.34. The number of methoxy groups -OCH3 is 1. The first kappa shape index (κ1) is 17.0. The summed E-state index contributed by atoms with van der Waals surface area (Å²) in [5.74, 6) is 0.763. The van der Waals surface area contributed by atoms with Crippen molar-refractivity contribution in [1.82, 2.24) is 4.57 Å². The van der Waals surface area contributed by atoms with Gasteiger partial charge in [0.1, 0.15) is 5.75 Å². The first-order chi connectivity index (χ1) is 12.0. The molecule has 5 nitrogen and oxygen atoms in total. The van der Waals surface area contributed by atoms with Gasteiger partial charge in [-0.3, -0.25) is 10.1 Å². The third-order valence-electron chi connectivity index (χ3n) is 4.70. The molecular weight excluding hydrogens is 316 g/mol. The minimum Gasteiger partial charge on any atom is -0.497 e. The lowest BCUT2D eigenvalue weighted by molar-refractivity contribution is -0.517. The van der Waals surface area contributed by atoms with E-state index >= 15 is 0 Å². The van der Waals surface area contributed by atoms with Crippen LogP contribution in [0.5, 0.6) is 5.75 Å². The molecule has 0 saturated heterocycles. The zero-order valence-corrected chi connectivity index (χ0v) is 14.7. The van der Waals surface area contributed by atoms with Crippen molar-refractivity contribution >= 4 is 10.9 Å². The molecule has 0 N–H and O–H groups in total. The highest BCUT2D eigenvalue weighted by molar-refractivity contribution is 5.87. The number of ether oxygens (including phenoxy) is 1. The van der Waals surface area contributed by atoms with E-state index in [2.05, 4.69) is 16.7 Å². The fraction of sp³-hybridized carbons (Fsp3) is 0.300. The Balaban J connectivity index is 2.13. The molecule has 130 valence electrons. The zero-order chi connectivity index (χ0) is 18.0. The highest BCUT2D eigenvalue weighted by Gasteiger charge is 2.21. The molecule has 25 heavy (non-hydrogen) atoms. The van der Waals surface area contributed by atoms with E-state index in [4.69, 9.17) is 4.74 Å². The largest absolute Gasteiger partial charge is 0.497 e. The molecule has 0 spiro atoms. The third-order valence-corrected chi connectivity index (χ3v) is 4.70. The standard InChI is InChI=1S/C20H22N2O3/c1-14(22(23)24)11-18-15(2)21(13-16-7-5-4-6-8-16)20-10-9-17(25-3)12-19(18)20/h4-10,12,14H,11,13H2,1-3H3. The van der Waals surface area contributed by atoms with Crippen molar-refractivity contribution in [2.45, 2.75) is 32.9 Å². The number of hydrogen-bond acceptors (Lipinski definition) is 3. The minimum atomic E-state index is -0.624. The average Bonchev–Trinajstić information content (AvgIpc) is 2.87. The van der Waals surface area contributed by atoms with Crippen molar-refractivity contribution in [3.63, 3.8) is 0 Å². The van der Waals surface area contributed by atoms with E-state index in [9.17, 15) is 10.1 Å². The molecule has 1 unspecified atom stereocenters. The second-order valence-corrected chi connectivity index (χ2v) is 6.36. The number of nitro groups is 1. The Morgan fingerprint density at radius 1 is 1.20 bits per heavy atom. The van der Waals surface area contributed by atoms with Crippen molar-refractivity contribution in [1.29, 1.82) is 0 Å². The maximum Gasteiger partial charge on any atom is 0.214 e. The Labute approximate surface area is 147 Å². The van der Waals surface area contributed by atoms with Gasteiger partial charge >= 0.3 is 0 Å². The van der Waals surface area contributed by atoms with Crippen molar-refractivity contribution in [3.8, 4) is 5.75 Å². The Kier molecular flexibility index (Phi) is 4.74. The van der Waals surface area contributed by atoms with Gasteiger partial charge in [-0.05, 0) is 36.2 Å². The normalized spacial score (nSPS) is 12.3. The van der Waals surface area contributed by atoms with E-state index in [1.807, 2.05) is 43.3 Å². The summed E-state index contributed by atoms with van der Waals surface area (Å²) in [5, 5.41) is 12.2. The van der Waals surface area contributed by atoms with E-state index in [1.54, 1.807) is 14.0 Å². The van der Waals surface area contributed by atoms with Crippen LogP contribution in [0.15, 0.2) is 48.5 Å². The summed E-state index contributed by atoms with van der Waals surface area (Å²) in [6.45, 7) is 4.43. The lowest BCUT2D eigenvalue weighted by Crippen LogP contribution is -2.18. The lowest BCUT2D eigenvalue weighted by atomic mass is 10.0. The summed E-state index contributed by atoms with van der Waals surface area (Å²) < 4.78 is 7.58. The molecule has 1 atom stereocenters. The molecule has 1 heterocycles. The molecule has 2 aromatic carbocycles. The molecule has 0 saturated carbocycles. The lowest BCUT2D eigenvalue weighted by Gasteiger charge is -2.09. The van der Waals surface area contributed by atoms with Gasteiger partial charge in [0.2, 0.25) is 6.04 Å². The maximum atomic E-state index is 11.1. The zero-order valence-electron chi connectivity index (χ0n) is 14.7. The van der Waals surface area contributed by atoms with Crippen molar-refractivity contribution in [2.24, 2.45) is 0 Å². The van der Waals surface area contributed by atoms with Gasteiger partial charge in [-0.25, -0.2) is 0 Å². The second kappa shape index (κ2) is 6.97. The van der Waals surface area contributed by atoms with E-state index in [0.29, 0.717) is 6.42 Å². The van der Waals surface area contributed by atoms with Crippen LogP contribution in [-0.4, -0.2) is 22.6 Å². The predicted octanol–water partition coefficient (Wildman–Crippen LogP) is 4.21. The van der Waals surface area contributed by atoms with Gasteiger partial charge in [0.05, 0.1) is 7.11 Å². The third kappa shape index (κ3) is 3.36. The number of rotatable bonds is 6. The minimum absolute atomic E-state index is 0.222. The second-order valence-electron chi connectivity index (χ2n) is 6.36. The molecule has 0 bridgehead atoms. The van der Waals surface area contributed by atoms with Crippen molar-refractivity contribution < 1.29 is 9.66 Å². The Hall–Kier alpha value is -2.82. The Morgan fingerprint density at radius 3 is 2.56 bits per heavy atom. The Morgan fingerprint density at radius 2 is 1.92 bits per heavy atom. The SMILES string of the molecule is COc1ccc2c(c1)c(CC(C)[N+](=O)[O-])c(C)n2Cc1ccccc1. The van der Waals surface area contributed by atoms with Crippen LogP contribution in [0.1, 0.15) is 23.7 Å². The summed E-state index contributed by atoms with van der Waals surface area (Å²) in [7, 11) is 1.63. The molecule has 0 aliphatic carbocycles. The van der Waals surface area contributed by atoms with Crippen molar-refractivity contribution in [2.75, 3.05) is 7.11 Å². The average molecular weight is 338 g/mol. The molecule has 3 rings (SSSR count). The molecular formula is C20H22N2O3. The number of aromatic nitrogens is 1. The van der Waals surface area contributed by atoms with Gasteiger partial charge in [-0.2, -0.15) is 0 Å². The summed E-state index contributed by atoms with van der Waals surface area (Å²) in [6, 6.07) is 15.5. The summed E-state index contributed by atoms with van der Waals surface area (Å²) in [6.07, 6.45) is 0.407. The smallest absolute Gasteiger partial charge is 0.214 e. The van der Waals surface area contributed by atoms with Crippen LogP contribution in [0.25, 0.3) is 10.9 Å². The number of fused-ring (bicyclic) bond motifs is 1. The molecule has 5 heteroatoms. The van der Waals surface area contributed by atoms with E-state index in [1.165, 1.54) is 5.56 Å². The van der Waals surface area contributed by atoms with Crippen LogP contribution in [0.2, 0.25) is 0 Å². The molecule has 0 radical (unpaired) electrons. The number of nitrogens with zero attached hydrogens (tertiary/aromatic N) is 2. The van der Waals surface area contributed by atoms with Crippen LogP contribution < -0.4 is 4.74 Å². The van der Waals surface area contributed by atoms with Gasteiger partial charge in [-0.1, -0.05) is 30.3 Å². The molecule has 0 aliphatic heterocycles. The van der Waals surface area contributed by atoms with Crippen LogP contribution in [0.3, 0.4) is 0 Å². The van der Waals surface area contributed by atoms with Crippen LogP contribution >= 0.6 is 0 Å². The molecule has 0 fully saturated rings. The number of hydrogen-bond donors (Lipinski definition) is 0. The number of benzene rings is 2. The van der Waals surface area contributed by atoms with Gasteiger partial charge in [0.15, 0.2) is 0 Å². The molecule has 1 aromatic heterocycles.